The van der Waals surface area contributed by atoms with Gasteiger partial charge in [-0.25, -0.2) is 0 Å². The highest BCUT2D eigenvalue weighted by Crippen LogP contribution is 2.61. The van der Waals surface area contributed by atoms with Crippen LogP contribution < -0.4 is 10.6 Å². The number of benzene rings is 1. The van der Waals surface area contributed by atoms with Gasteiger partial charge in [0.25, 0.3) is 5.91 Å². The fourth-order valence-corrected chi connectivity index (χ4v) is 6.75. The summed E-state index contributed by atoms with van der Waals surface area (Å²) in [6.07, 6.45) is 8.01. The molecule has 29 heavy (non-hydrogen) atoms. The summed E-state index contributed by atoms with van der Waals surface area (Å²) in [6.45, 7) is 8.12. The fourth-order valence-electron chi connectivity index (χ4n) is 6.75. The van der Waals surface area contributed by atoms with Crippen molar-refractivity contribution in [2.75, 3.05) is 0 Å². The highest BCUT2D eigenvalue weighted by atomic mass is 16.2. The van der Waals surface area contributed by atoms with Crippen LogP contribution in [0.4, 0.5) is 0 Å². The molecule has 1 aromatic carbocycles. The molecule has 0 aromatic heterocycles. The summed E-state index contributed by atoms with van der Waals surface area (Å²) in [5.74, 6) is 2.42. The SMILES string of the molecule is Cc1ccccc1C(=O)N[C@H](C(=O)N[C@H](C)C12CC3CC(CC(C3)C1)C2)C(C)C. The van der Waals surface area contributed by atoms with E-state index in [9.17, 15) is 9.59 Å². The summed E-state index contributed by atoms with van der Waals surface area (Å²) in [5, 5.41) is 6.34. The Morgan fingerprint density at radius 3 is 2.00 bits per heavy atom. The Kier molecular flexibility index (Phi) is 5.48. The Balaban J connectivity index is 1.44. The Morgan fingerprint density at radius 2 is 1.48 bits per heavy atom. The smallest absolute Gasteiger partial charge is 0.252 e. The fraction of sp³-hybridized carbons (Fsp3) is 0.680. The van der Waals surface area contributed by atoms with Crippen LogP contribution in [0.25, 0.3) is 0 Å². The summed E-state index contributed by atoms with van der Waals surface area (Å²) < 4.78 is 0. The molecule has 2 N–H and O–H groups in total. The maximum atomic E-state index is 13.2. The molecule has 4 heteroatoms. The average Bonchev–Trinajstić information content (AvgIpc) is 2.64. The van der Waals surface area contributed by atoms with Crippen LogP contribution in [0.1, 0.15) is 75.2 Å². The van der Waals surface area contributed by atoms with E-state index in [4.69, 9.17) is 0 Å². The number of carbonyl (C=O) groups is 2. The van der Waals surface area contributed by atoms with E-state index in [2.05, 4.69) is 17.6 Å². The first-order valence-corrected chi connectivity index (χ1v) is 11.4. The van der Waals surface area contributed by atoms with E-state index in [-0.39, 0.29) is 29.2 Å². The third-order valence-electron chi connectivity index (χ3n) is 7.99. The Bertz CT molecular complexity index is 749. The van der Waals surface area contributed by atoms with Crippen molar-refractivity contribution in [1.82, 2.24) is 10.6 Å². The van der Waals surface area contributed by atoms with Gasteiger partial charge in [-0.05, 0) is 93.1 Å². The third kappa shape index (κ3) is 3.95. The molecular formula is C25H36N2O2. The number of carbonyl (C=O) groups excluding carboxylic acids is 2. The van der Waals surface area contributed by atoms with E-state index in [0.29, 0.717) is 5.56 Å². The van der Waals surface area contributed by atoms with E-state index in [0.717, 1.165) is 23.3 Å². The van der Waals surface area contributed by atoms with Crippen LogP contribution in [-0.4, -0.2) is 23.9 Å². The lowest BCUT2D eigenvalue weighted by Crippen LogP contribution is -2.59. The summed E-state index contributed by atoms with van der Waals surface area (Å²) in [5.41, 5.74) is 1.83. The lowest BCUT2D eigenvalue weighted by atomic mass is 9.48. The van der Waals surface area contributed by atoms with Crippen molar-refractivity contribution in [3.63, 3.8) is 0 Å². The Labute approximate surface area is 175 Å². The van der Waals surface area contributed by atoms with Crippen molar-refractivity contribution < 1.29 is 9.59 Å². The predicted octanol–water partition coefficient (Wildman–Crippen LogP) is 4.47. The lowest BCUT2D eigenvalue weighted by molar-refractivity contribution is -0.128. The molecule has 4 saturated carbocycles. The molecule has 158 valence electrons. The van der Waals surface area contributed by atoms with Gasteiger partial charge in [-0.1, -0.05) is 32.0 Å². The number of rotatable bonds is 6. The van der Waals surface area contributed by atoms with Crippen molar-refractivity contribution in [1.29, 1.82) is 0 Å². The van der Waals surface area contributed by atoms with Gasteiger partial charge in [-0.3, -0.25) is 9.59 Å². The second-order valence-electron chi connectivity index (χ2n) is 10.5. The van der Waals surface area contributed by atoms with Crippen molar-refractivity contribution in [3.8, 4) is 0 Å². The van der Waals surface area contributed by atoms with Gasteiger partial charge in [0, 0.05) is 11.6 Å². The molecule has 4 aliphatic rings. The highest BCUT2D eigenvalue weighted by Gasteiger charge is 2.53. The minimum atomic E-state index is -0.515. The summed E-state index contributed by atoms with van der Waals surface area (Å²) in [4.78, 5) is 26.0. The van der Waals surface area contributed by atoms with Crippen molar-refractivity contribution in [3.05, 3.63) is 35.4 Å². The second-order valence-corrected chi connectivity index (χ2v) is 10.5. The van der Waals surface area contributed by atoms with Crippen LogP contribution >= 0.6 is 0 Å². The van der Waals surface area contributed by atoms with Crippen LogP contribution in [0.5, 0.6) is 0 Å². The van der Waals surface area contributed by atoms with Crippen LogP contribution in [0.3, 0.4) is 0 Å². The third-order valence-corrected chi connectivity index (χ3v) is 7.99. The standard InChI is InChI=1S/C25H36N2O2/c1-15(2)22(27-23(28)21-8-6-5-7-16(21)3)24(29)26-17(4)25-12-18-9-19(13-25)11-20(10-18)14-25/h5-8,15,17-20,22H,9-14H2,1-4H3,(H,26,29)(H,27,28)/t17-,18?,19?,20?,22+,25?/m1/s1. The van der Waals surface area contributed by atoms with E-state index in [1.165, 1.54) is 38.5 Å². The number of hydrogen-bond acceptors (Lipinski definition) is 2. The minimum Gasteiger partial charge on any atom is -0.351 e. The van der Waals surface area contributed by atoms with Crippen LogP contribution in [0.2, 0.25) is 0 Å². The molecule has 2 amide bonds. The molecule has 4 bridgehead atoms. The van der Waals surface area contributed by atoms with Crippen molar-refractivity contribution >= 4 is 11.8 Å². The van der Waals surface area contributed by atoms with Crippen molar-refractivity contribution in [2.45, 2.75) is 78.3 Å². The van der Waals surface area contributed by atoms with Gasteiger partial charge in [-0.2, -0.15) is 0 Å². The van der Waals surface area contributed by atoms with Crippen LogP contribution in [0.15, 0.2) is 24.3 Å². The molecule has 4 aliphatic carbocycles. The number of amides is 2. The molecule has 2 atom stereocenters. The maximum Gasteiger partial charge on any atom is 0.252 e. The zero-order valence-corrected chi connectivity index (χ0v) is 18.3. The van der Waals surface area contributed by atoms with E-state index >= 15 is 0 Å². The number of nitrogens with one attached hydrogen (secondary N) is 2. The molecule has 4 nitrogen and oxygen atoms in total. The molecule has 5 rings (SSSR count). The molecule has 0 unspecified atom stereocenters. The van der Waals surface area contributed by atoms with Gasteiger partial charge < -0.3 is 10.6 Å². The summed E-state index contributed by atoms with van der Waals surface area (Å²) in [7, 11) is 0. The van der Waals surface area contributed by atoms with Crippen LogP contribution in [-0.2, 0) is 4.79 Å². The first-order chi connectivity index (χ1) is 13.8. The highest BCUT2D eigenvalue weighted by molar-refractivity contribution is 5.98. The zero-order valence-electron chi connectivity index (χ0n) is 18.3. The molecule has 0 heterocycles. The lowest BCUT2D eigenvalue weighted by Gasteiger charge is -2.59. The van der Waals surface area contributed by atoms with E-state index < -0.39 is 6.04 Å². The topological polar surface area (TPSA) is 58.2 Å². The second kappa shape index (κ2) is 7.77. The number of aryl methyl sites for hydroxylation is 1. The normalized spacial score (nSPS) is 32.1. The molecular weight excluding hydrogens is 360 g/mol. The Hall–Kier alpha value is -1.84. The molecule has 0 aliphatic heterocycles. The van der Waals surface area contributed by atoms with Gasteiger partial charge >= 0.3 is 0 Å². The van der Waals surface area contributed by atoms with Crippen LogP contribution in [0, 0.1) is 36.0 Å². The molecule has 4 fully saturated rings. The average molecular weight is 397 g/mol. The quantitative estimate of drug-likeness (QED) is 0.745. The first-order valence-electron chi connectivity index (χ1n) is 11.4. The molecule has 0 radical (unpaired) electrons. The summed E-state index contributed by atoms with van der Waals surface area (Å²) in [6, 6.07) is 7.18. The Morgan fingerprint density at radius 1 is 0.931 bits per heavy atom. The first kappa shape index (κ1) is 20.4. The zero-order chi connectivity index (χ0) is 20.8. The van der Waals surface area contributed by atoms with Crippen molar-refractivity contribution in [2.24, 2.45) is 29.1 Å². The van der Waals surface area contributed by atoms with E-state index in [1.807, 2.05) is 45.0 Å². The summed E-state index contributed by atoms with van der Waals surface area (Å²) >= 11 is 0. The van der Waals surface area contributed by atoms with Gasteiger partial charge in [-0.15, -0.1) is 0 Å². The van der Waals surface area contributed by atoms with Gasteiger partial charge in [0.1, 0.15) is 6.04 Å². The maximum absolute atomic E-state index is 13.2. The largest absolute Gasteiger partial charge is 0.351 e. The van der Waals surface area contributed by atoms with Gasteiger partial charge in [0.2, 0.25) is 5.91 Å². The monoisotopic (exact) mass is 396 g/mol. The molecule has 1 aromatic rings. The predicted molar refractivity (Wildman–Crippen MR) is 115 cm³/mol. The minimum absolute atomic E-state index is 0.0338. The molecule has 0 saturated heterocycles. The molecule has 0 spiro atoms. The van der Waals surface area contributed by atoms with Gasteiger partial charge in [0.05, 0.1) is 0 Å². The van der Waals surface area contributed by atoms with E-state index in [1.54, 1.807) is 0 Å². The van der Waals surface area contributed by atoms with Gasteiger partial charge in [0.15, 0.2) is 0 Å². The number of hydrogen-bond donors (Lipinski definition) is 2.